The van der Waals surface area contributed by atoms with Crippen LogP contribution in [0.1, 0.15) is 34.8 Å². The van der Waals surface area contributed by atoms with E-state index in [9.17, 15) is 4.79 Å². The Hall–Kier alpha value is -2.44. The summed E-state index contributed by atoms with van der Waals surface area (Å²) in [6, 6.07) is 11.4. The summed E-state index contributed by atoms with van der Waals surface area (Å²) in [6.07, 6.45) is 2.36. The minimum atomic E-state index is -0.182. The van der Waals surface area contributed by atoms with Gasteiger partial charge in [0.2, 0.25) is 6.79 Å². The molecule has 2 aliphatic rings. The Morgan fingerprint density at radius 1 is 1.21 bits per heavy atom. The third-order valence-electron chi connectivity index (χ3n) is 5.23. The van der Waals surface area contributed by atoms with Gasteiger partial charge in [0, 0.05) is 12.1 Å². The number of ether oxygens (including phenoxy) is 3. The van der Waals surface area contributed by atoms with Gasteiger partial charge in [-0.1, -0.05) is 23.7 Å². The molecule has 1 unspecified atom stereocenters. The Morgan fingerprint density at radius 2 is 1.96 bits per heavy atom. The number of rotatable bonds is 6. The number of amides is 1. The number of likely N-dealkylation sites (tertiary alicyclic amines) is 1. The normalized spacial score (nSPS) is 16.8. The lowest BCUT2D eigenvalue weighted by atomic mass is 10.0. The molecule has 28 heavy (non-hydrogen) atoms. The molecule has 0 radical (unpaired) electrons. The van der Waals surface area contributed by atoms with Crippen molar-refractivity contribution < 1.29 is 19.0 Å². The molecule has 0 spiro atoms. The first-order valence-corrected chi connectivity index (χ1v) is 9.79. The van der Waals surface area contributed by atoms with Crippen molar-refractivity contribution in [2.75, 3.05) is 33.5 Å². The average Bonchev–Trinajstić information content (AvgIpc) is 3.40. The fourth-order valence-electron chi connectivity index (χ4n) is 3.73. The molecule has 1 N–H and O–H groups in total. The van der Waals surface area contributed by atoms with Gasteiger partial charge in [-0.15, -0.1) is 0 Å². The highest BCUT2D eigenvalue weighted by Gasteiger charge is 2.25. The number of nitrogens with one attached hydrogen (secondary N) is 1. The molecule has 0 aliphatic carbocycles. The van der Waals surface area contributed by atoms with E-state index in [0.717, 1.165) is 24.4 Å². The van der Waals surface area contributed by atoms with Crippen molar-refractivity contribution in [3.63, 3.8) is 0 Å². The number of nitrogens with zero attached hydrogens (tertiary/aromatic N) is 1. The van der Waals surface area contributed by atoms with Gasteiger partial charge in [-0.05, 0) is 55.8 Å². The summed E-state index contributed by atoms with van der Waals surface area (Å²) in [6.45, 7) is 2.69. The summed E-state index contributed by atoms with van der Waals surface area (Å²) < 4.78 is 15.9. The van der Waals surface area contributed by atoms with Gasteiger partial charge in [0.1, 0.15) is 5.75 Å². The Balaban J connectivity index is 1.49. The van der Waals surface area contributed by atoms with Crippen molar-refractivity contribution in [3.05, 3.63) is 52.5 Å². The van der Waals surface area contributed by atoms with E-state index in [2.05, 4.69) is 22.3 Å². The summed E-state index contributed by atoms with van der Waals surface area (Å²) in [7, 11) is 1.66. The monoisotopic (exact) mass is 402 g/mol. The van der Waals surface area contributed by atoms with Crippen molar-refractivity contribution in [3.8, 4) is 17.2 Å². The highest BCUT2D eigenvalue weighted by Crippen LogP contribution is 2.39. The summed E-state index contributed by atoms with van der Waals surface area (Å²) in [5.74, 6) is 1.64. The molecule has 6 nitrogen and oxygen atoms in total. The number of methoxy groups -OCH3 is 1. The maximum absolute atomic E-state index is 12.7. The van der Waals surface area contributed by atoms with E-state index < -0.39 is 0 Å². The van der Waals surface area contributed by atoms with Gasteiger partial charge >= 0.3 is 0 Å². The van der Waals surface area contributed by atoms with Gasteiger partial charge < -0.3 is 19.5 Å². The molecule has 4 rings (SSSR count). The van der Waals surface area contributed by atoms with Crippen LogP contribution < -0.4 is 19.5 Å². The van der Waals surface area contributed by atoms with Gasteiger partial charge in [-0.3, -0.25) is 9.69 Å². The van der Waals surface area contributed by atoms with Crippen molar-refractivity contribution in [1.82, 2.24) is 10.2 Å². The second-order valence-electron chi connectivity index (χ2n) is 6.93. The van der Waals surface area contributed by atoms with E-state index in [0.29, 0.717) is 28.6 Å². The Labute approximate surface area is 169 Å². The quantitative estimate of drug-likeness (QED) is 0.799. The smallest absolute Gasteiger partial charge is 0.251 e. The molecule has 1 atom stereocenters. The predicted octanol–water partition coefficient (Wildman–Crippen LogP) is 3.64. The number of hydrogen-bond acceptors (Lipinski definition) is 5. The van der Waals surface area contributed by atoms with E-state index >= 15 is 0 Å². The lowest BCUT2D eigenvalue weighted by Gasteiger charge is -2.28. The average molecular weight is 403 g/mol. The van der Waals surface area contributed by atoms with Crippen LogP contribution >= 0.6 is 11.6 Å². The van der Waals surface area contributed by atoms with Crippen molar-refractivity contribution in [2.24, 2.45) is 0 Å². The first kappa shape index (κ1) is 18.9. The van der Waals surface area contributed by atoms with Crippen LogP contribution in [0.5, 0.6) is 17.2 Å². The molecule has 1 fully saturated rings. The molecule has 0 saturated carbocycles. The predicted molar refractivity (Wildman–Crippen MR) is 106 cm³/mol. The van der Waals surface area contributed by atoms with Crippen molar-refractivity contribution >= 4 is 17.5 Å². The van der Waals surface area contributed by atoms with Gasteiger partial charge in [-0.25, -0.2) is 0 Å². The maximum Gasteiger partial charge on any atom is 0.251 e. The SMILES string of the molecule is COc1ccc(C(CNC(=O)c2cc(Cl)c3c(c2)OCO3)N2CCCC2)cc1. The molecule has 2 heterocycles. The lowest BCUT2D eigenvalue weighted by molar-refractivity contribution is 0.0937. The molecule has 7 heteroatoms. The number of fused-ring (bicyclic) bond motifs is 1. The zero-order valence-corrected chi connectivity index (χ0v) is 16.5. The molecule has 1 amide bonds. The minimum Gasteiger partial charge on any atom is -0.497 e. The molecule has 2 aromatic rings. The summed E-state index contributed by atoms with van der Waals surface area (Å²) in [5.41, 5.74) is 1.62. The van der Waals surface area contributed by atoms with Crippen LogP contribution in [-0.4, -0.2) is 44.3 Å². The molecule has 2 aliphatic heterocycles. The Morgan fingerprint density at radius 3 is 2.68 bits per heavy atom. The van der Waals surface area contributed by atoms with Crippen molar-refractivity contribution in [1.29, 1.82) is 0 Å². The third kappa shape index (κ3) is 3.88. The van der Waals surface area contributed by atoms with E-state index in [1.54, 1.807) is 19.2 Å². The van der Waals surface area contributed by atoms with Crippen LogP contribution in [-0.2, 0) is 0 Å². The standard InChI is InChI=1S/C21H23ClN2O4/c1-26-16-6-4-14(5-7-16)18(24-8-2-3-9-24)12-23-21(25)15-10-17(22)20-19(11-15)27-13-28-20/h4-7,10-11,18H,2-3,8-9,12-13H2,1H3,(H,23,25). The van der Waals surface area contributed by atoms with E-state index in [1.807, 2.05) is 12.1 Å². The van der Waals surface area contributed by atoms with Crippen LogP contribution in [0.3, 0.4) is 0 Å². The van der Waals surface area contributed by atoms with Crippen LogP contribution in [0.4, 0.5) is 0 Å². The van der Waals surface area contributed by atoms with Crippen LogP contribution in [0.15, 0.2) is 36.4 Å². The Kier molecular flexibility index (Phi) is 5.59. The van der Waals surface area contributed by atoms with Gasteiger partial charge in [0.25, 0.3) is 5.91 Å². The first-order valence-electron chi connectivity index (χ1n) is 9.41. The lowest BCUT2D eigenvalue weighted by Crippen LogP contribution is -2.36. The summed E-state index contributed by atoms with van der Waals surface area (Å²) in [4.78, 5) is 15.2. The van der Waals surface area contributed by atoms with Gasteiger partial charge in [-0.2, -0.15) is 0 Å². The molecule has 0 bridgehead atoms. The van der Waals surface area contributed by atoms with Crippen LogP contribution in [0, 0.1) is 0 Å². The van der Waals surface area contributed by atoms with E-state index in [4.69, 9.17) is 25.8 Å². The fraction of sp³-hybridized carbons (Fsp3) is 0.381. The third-order valence-corrected chi connectivity index (χ3v) is 5.51. The van der Waals surface area contributed by atoms with E-state index in [-0.39, 0.29) is 18.7 Å². The van der Waals surface area contributed by atoms with Crippen LogP contribution in [0.25, 0.3) is 0 Å². The summed E-state index contributed by atoms with van der Waals surface area (Å²) >= 11 is 6.20. The van der Waals surface area contributed by atoms with Gasteiger partial charge in [0.15, 0.2) is 11.5 Å². The number of halogens is 1. The number of carbonyl (C=O) groups is 1. The first-order chi connectivity index (χ1) is 13.7. The van der Waals surface area contributed by atoms with E-state index in [1.165, 1.54) is 12.8 Å². The molecular formula is C21H23ClN2O4. The fourth-order valence-corrected chi connectivity index (χ4v) is 3.99. The Bertz CT molecular complexity index is 850. The number of hydrogen-bond donors (Lipinski definition) is 1. The highest BCUT2D eigenvalue weighted by molar-refractivity contribution is 6.32. The highest BCUT2D eigenvalue weighted by atomic mass is 35.5. The zero-order chi connectivity index (χ0) is 19.5. The van der Waals surface area contributed by atoms with Crippen LogP contribution in [0.2, 0.25) is 5.02 Å². The molecule has 1 saturated heterocycles. The zero-order valence-electron chi connectivity index (χ0n) is 15.7. The minimum absolute atomic E-state index is 0.113. The topological polar surface area (TPSA) is 60.0 Å². The number of benzene rings is 2. The molecule has 2 aromatic carbocycles. The molecular weight excluding hydrogens is 380 g/mol. The summed E-state index contributed by atoms with van der Waals surface area (Å²) in [5, 5.41) is 3.44. The molecule has 148 valence electrons. The second-order valence-corrected chi connectivity index (χ2v) is 7.34. The van der Waals surface area contributed by atoms with Crippen molar-refractivity contribution in [2.45, 2.75) is 18.9 Å². The number of carbonyl (C=O) groups excluding carboxylic acids is 1. The maximum atomic E-state index is 12.7. The largest absolute Gasteiger partial charge is 0.497 e. The van der Waals surface area contributed by atoms with Gasteiger partial charge in [0.05, 0.1) is 18.2 Å². The second kappa shape index (κ2) is 8.29. The molecule has 0 aromatic heterocycles.